The number of likely N-dealkylation sites (N-methyl/N-ethyl adjacent to an activating group) is 1. The zero-order valence-electron chi connectivity index (χ0n) is 9.66. The summed E-state index contributed by atoms with van der Waals surface area (Å²) in [6, 6.07) is -0.127. The minimum Gasteiger partial charge on any atom is -0.444 e. The second kappa shape index (κ2) is 4.08. The zero-order chi connectivity index (χ0) is 11.6. The van der Waals surface area contributed by atoms with Crippen molar-refractivity contribution >= 4 is 12.0 Å². The highest BCUT2D eigenvalue weighted by Gasteiger charge is 2.29. The van der Waals surface area contributed by atoms with Gasteiger partial charge in [-0.3, -0.25) is 4.79 Å². The molecule has 5 nitrogen and oxygen atoms in total. The highest BCUT2D eigenvalue weighted by atomic mass is 16.6. The first-order valence-electron chi connectivity index (χ1n) is 5.01. The second-order valence-electron chi connectivity index (χ2n) is 4.82. The number of nitrogens with zero attached hydrogens (tertiary/aromatic N) is 1. The standard InChI is InChI=1S/C10H18N2O3/c1-10(2,3)15-9(14)11-7-5-8(13)12(4)6-7/h7H,5-6H2,1-4H3,(H,11,14). The molecule has 0 bridgehead atoms. The maximum atomic E-state index is 11.4. The molecule has 1 N–H and O–H groups in total. The van der Waals surface area contributed by atoms with E-state index in [9.17, 15) is 9.59 Å². The van der Waals surface area contributed by atoms with E-state index in [1.807, 2.05) is 0 Å². The van der Waals surface area contributed by atoms with Gasteiger partial charge in [0.1, 0.15) is 5.60 Å². The van der Waals surface area contributed by atoms with E-state index in [2.05, 4.69) is 5.32 Å². The molecule has 0 aromatic carbocycles. The van der Waals surface area contributed by atoms with Crippen molar-refractivity contribution in [2.75, 3.05) is 13.6 Å². The molecule has 0 aliphatic carbocycles. The van der Waals surface area contributed by atoms with Crippen molar-refractivity contribution in [2.24, 2.45) is 0 Å². The molecule has 1 atom stereocenters. The summed E-state index contributed by atoms with van der Waals surface area (Å²) in [6.45, 7) is 5.97. The van der Waals surface area contributed by atoms with Gasteiger partial charge < -0.3 is 15.0 Å². The Morgan fingerprint density at radius 1 is 1.53 bits per heavy atom. The van der Waals surface area contributed by atoms with E-state index in [1.54, 1.807) is 32.7 Å². The molecule has 1 fully saturated rings. The molecule has 0 spiro atoms. The molecular weight excluding hydrogens is 196 g/mol. The number of carbonyl (C=O) groups is 2. The van der Waals surface area contributed by atoms with Crippen molar-refractivity contribution in [3.8, 4) is 0 Å². The van der Waals surface area contributed by atoms with E-state index in [0.29, 0.717) is 13.0 Å². The van der Waals surface area contributed by atoms with E-state index in [-0.39, 0.29) is 11.9 Å². The van der Waals surface area contributed by atoms with Gasteiger partial charge in [-0.1, -0.05) is 0 Å². The second-order valence-corrected chi connectivity index (χ2v) is 4.82. The first-order valence-corrected chi connectivity index (χ1v) is 5.01. The largest absolute Gasteiger partial charge is 0.444 e. The summed E-state index contributed by atoms with van der Waals surface area (Å²) in [5, 5.41) is 2.67. The van der Waals surface area contributed by atoms with Gasteiger partial charge in [-0.05, 0) is 20.8 Å². The lowest BCUT2D eigenvalue weighted by Crippen LogP contribution is -2.40. The van der Waals surface area contributed by atoms with Crippen LogP contribution in [-0.2, 0) is 9.53 Å². The lowest BCUT2D eigenvalue weighted by atomic mass is 10.2. The number of carbonyl (C=O) groups excluding carboxylic acids is 2. The zero-order valence-corrected chi connectivity index (χ0v) is 9.66. The van der Waals surface area contributed by atoms with Gasteiger partial charge in [-0.2, -0.15) is 0 Å². The van der Waals surface area contributed by atoms with Crippen molar-refractivity contribution in [3.63, 3.8) is 0 Å². The molecule has 1 rings (SSSR count). The lowest BCUT2D eigenvalue weighted by molar-refractivity contribution is -0.126. The molecule has 1 saturated heterocycles. The smallest absolute Gasteiger partial charge is 0.407 e. The Labute approximate surface area is 89.8 Å². The topological polar surface area (TPSA) is 58.6 Å². The fraction of sp³-hybridized carbons (Fsp3) is 0.800. The van der Waals surface area contributed by atoms with Crippen LogP contribution in [-0.4, -0.2) is 42.1 Å². The Bertz CT molecular complexity index is 270. The number of hydrogen-bond donors (Lipinski definition) is 1. The summed E-state index contributed by atoms with van der Waals surface area (Å²) in [5.74, 6) is 0.0519. The normalized spacial score (nSPS) is 21.7. The van der Waals surface area contributed by atoms with Gasteiger partial charge in [-0.25, -0.2) is 4.79 Å². The van der Waals surface area contributed by atoms with Crippen LogP contribution < -0.4 is 5.32 Å². The van der Waals surface area contributed by atoms with Crippen LogP contribution in [0, 0.1) is 0 Å². The van der Waals surface area contributed by atoms with Crippen LogP contribution in [0.4, 0.5) is 4.79 Å². The van der Waals surface area contributed by atoms with Crippen LogP contribution in [0.25, 0.3) is 0 Å². The SMILES string of the molecule is CN1CC(NC(=O)OC(C)(C)C)CC1=O. The summed E-state index contributed by atoms with van der Waals surface area (Å²) in [5.41, 5.74) is -0.501. The predicted octanol–water partition coefficient (Wildman–Crippen LogP) is 0.742. The minimum absolute atomic E-state index is 0.0519. The monoisotopic (exact) mass is 214 g/mol. The number of rotatable bonds is 1. The van der Waals surface area contributed by atoms with E-state index in [4.69, 9.17) is 4.74 Å². The summed E-state index contributed by atoms with van der Waals surface area (Å²) >= 11 is 0. The number of likely N-dealkylation sites (tertiary alicyclic amines) is 1. The lowest BCUT2D eigenvalue weighted by Gasteiger charge is -2.21. The van der Waals surface area contributed by atoms with Crippen LogP contribution >= 0.6 is 0 Å². The van der Waals surface area contributed by atoms with Crippen molar-refractivity contribution in [2.45, 2.75) is 38.8 Å². The van der Waals surface area contributed by atoms with E-state index < -0.39 is 11.7 Å². The summed E-state index contributed by atoms with van der Waals surface area (Å²) in [7, 11) is 1.72. The van der Waals surface area contributed by atoms with Crippen LogP contribution in [0.5, 0.6) is 0 Å². The van der Waals surface area contributed by atoms with Crippen LogP contribution in [0.1, 0.15) is 27.2 Å². The van der Waals surface area contributed by atoms with Crippen LogP contribution in [0.15, 0.2) is 0 Å². The molecule has 0 radical (unpaired) electrons. The number of amides is 2. The highest BCUT2D eigenvalue weighted by Crippen LogP contribution is 2.11. The van der Waals surface area contributed by atoms with Gasteiger partial charge in [-0.15, -0.1) is 0 Å². The fourth-order valence-corrected chi connectivity index (χ4v) is 1.43. The summed E-state index contributed by atoms with van der Waals surface area (Å²) in [4.78, 5) is 24.1. The van der Waals surface area contributed by atoms with Crippen molar-refractivity contribution in [3.05, 3.63) is 0 Å². The van der Waals surface area contributed by atoms with Crippen LogP contribution in [0.3, 0.4) is 0 Å². The molecule has 1 unspecified atom stereocenters. The fourth-order valence-electron chi connectivity index (χ4n) is 1.43. The van der Waals surface area contributed by atoms with Gasteiger partial charge in [0, 0.05) is 20.0 Å². The van der Waals surface area contributed by atoms with Gasteiger partial charge in [0.05, 0.1) is 6.04 Å². The highest BCUT2D eigenvalue weighted by molar-refractivity contribution is 5.80. The van der Waals surface area contributed by atoms with Crippen molar-refractivity contribution in [1.82, 2.24) is 10.2 Å². The van der Waals surface area contributed by atoms with Gasteiger partial charge in [0.2, 0.25) is 5.91 Å². The van der Waals surface area contributed by atoms with E-state index in [0.717, 1.165) is 0 Å². The number of hydrogen-bond acceptors (Lipinski definition) is 3. The third-order valence-electron chi connectivity index (χ3n) is 2.06. The summed E-state index contributed by atoms with van der Waals surface area (Å²) in [6.07, 6.45) is -0.106. The number of ether oxygens (including phenoxy) is 1. The van der Waals surface area contributed by atoms with Gasteiger partial charge in [0.25, 0.3) is 0 Å². The molecule has 86 valence electrons. The molecule has 0 saturated carbocycles. The van der Waals surface area contributed by atoms with Crippen molar-refractivity contribution < 1.29 is 14.3 Å². The Hall–Kier alpha value is -1.26. The summed E-state index contributed by atoms with van der Waals surface area (Å²) < 4.78 is 5.09. The third-order valence-corrected chi connectivity index (χ3v) is 2.06. The first-order chi connectivity index (χ1) is 6.78. The molecule has 0 aromatic rings. The van der Waals surface area contributed by atoms with Crippen LogP contribution in [0.2, 0.25) is 0 Å². The quantitative estimate of drug-likeness (QED) is 0.700. The third kappa shape index (κ3) is 3.77. The molecule has 15 heavy (non-hydrogen) atoms. The van der Waals surface area contributed by atoms with E-state index >= 15 is 0 Å². The molecule has 0 aromatic heterocycles. The Morgan fingerprint density at radius 3 is 2.53 bits per heavy atom. The maximum Gasteiger partial charge on any atom is 0.407 e. The Kier molecular flexibility index (Phi) is 3.21. The average Bonchev–Trinajstić information content (AvgIpc) is 2.26. The molecule has 1 heterocycles. The average molecular weight is 214 g/mol. The van der Waals surface area contributed by atoms with Gasteiger partial charge >= 0.3 is 6.09 Å². The number of nitrogens with one attached hydrogen (secondary N) is 1. The predicted molar refractivity (Wildman–Crippen MR) is 55.4 cm³/mol. The van der Waals surface area contributed by atoms with Gasteiger partial charge in [0.15, 0.2) is 0 Å². The first kappa shape index (κ1) is 11.8. The molecule has 1 aliphatic heterocycles. The van der Waals surface area contributed by atoms with Crippen molar-refractivity contribution in [1.29, 1.82) is 0 Å². The minimum atomic E-state index is -0.501. The molecular formula is C10H18N2O3. The number of alkyl carbamates (subject to hydrolysis) is 1. The molecule has 1 aliphatic rings. The molecule has 2 amide bonds. The Balaban J connectivity index is 2.37. The maximum absolute atomic E-state index is 11.4. The van der Waals surface area contributed by atoms with E-state index in [1.165, 1.54) is 0 Å². The Morgan fingerprint density at radius 2 is 2.13 bits per heavy atom. The molecule has 5 heteroatoms.